The summed E-state index contributed by atoms with van der Waals surface area (Å²) in [4.78, 5) is 0. The zero-order valence-corrected chi connectivity index (χ0v) is 12.3. The largest absolute Gasteiger partial charge is 0.496 e. The minimum atomic E-state index is -3.67. The highest BCUT2D eigenvalue weighted by atomic mass is 127. The van der Waals surface area contributed by atoms with E-state index in [1.54, 1.807) is 7.11 Å². The standard InChI is InChI=1S/C13H11IO.CHF3/c1-15-12-9-5-8-11(14)13(12)10-6-3-2-4-7-10;2-1(3)4/h2-9H,1H3;1H. The summed E-state index contributed by atoms with van der Waals surface area (Å²) in [5.41, 5.74) is 2.36. The Morgan fingerprint density at radius 1 is 0.947 bits per heavy atom. The quantitative estimate of drug-likeness (QED) is 0.656. The van der Waals surface area contributed by atoms with Crippen LogP contribution >= 0.6 is 22.6 Å². The molecule has 2 rings (SSSR count). The minimum Gasteiger partial charge on any atom is -0.496 e. The summed E-state index contributed by atoms with van der Waals surface area (Å²) in [5.74, 6) is 0.924. The van der Waals surface area contributed by atoms with Gasteiger partial charge in [-0.15, -0.1) is 0 Å². The van der Waals surface area contributed by atoms with Crippen molar-refractivity contribution in [3.63, 3.8) is 0 Å². The topological polar surface area (TPSA) is 9.23 Å². The first-order chi connectivity index (χ1) is 9.06. The van der Waals surface area contributed by atoms with E-state index in [-0.39, 0.29) is 0 Å². The van der Waals surface area contributed by atoms with Crippen molar-refractivity contribution >= 4 is 22.6 Å². The van der Waals surface area contributed by atoms with Gasteiger partial charge in [0, 0.05) is 9.13 Å². The third kappa shape index (κ3) is 5.10. The molecule has 19 heavy (non-hydrogen) atoms. The zero-order valence-electron chi connectivity index (χ0n) is 10.1. The van der Waals surface area contributed by atoms with Gasteiger partial charge < -0.3 is 4.74 Å². The van der Waals surface area contributed by atoms with Crippen molar-refractivity contribution in [2.45, 2.75) is 6.68 Å². The number of alkyl halides is 3. The molecule has 0 N–H and O–H groups in total. The van der Waals surface area contributed by atoms with Crippen molar-refractivity contribution < 1.29 is 17.9 Å². The third-order valence-electron chi connectivity index (χ3n) is 2.26. The number of hydrogen-bond donors (Lipinski definition) is 0. The molecule has 0 aliphatic carbocycles. The molecule has 5 heteroatoms. The van der Waals surface area contributed by atoms with Gasteiger partial charge in [-0.1, -0.05) is 36.4 Å². The lowest BCUT2D eigenvalue weighted by Crippen LogP contribution is -1.90. The molecule has 0 saturated heterocycles. The minimum absolute atomic E-state index is 0.924. The van der Waals surface area contributed by atoms with Gasteiger partial charge in [-0.05, 0) is 40.3 Å². The average molecular weight is 380 g/mol. The Morgan fingerprint density at radius 2 is 1.53 bits per heavy atom. The smallest absolute Gasteiger partial charge is 0.379 e. The first kappa shape index (κ1) is 15.8. The van der Waals surface area contributed by atoms with Gasteiger partial charge in [0.1, 0.15) is 5.75 Å². The van der Waals surface area contributed by atoms with Gasteiger partial charge in [-0.25, -0.2) is 0 Å². The van der Waals surface area contributed by atoms with Gasteiger partial charge >= 0.3 is 6.68 Å². The van der Waals surface area contributed by atoms with E-state index in [0.717, 1.165) is 5.75 Å². The fourth-order valence-corrected chi connectivity index (χ4v) is 2.34. The predicted octanol–water partition coefficient (Wildman–Crippen LogP) is 5.15. The van der Waals surface area contributed by atoms with Crippen molar-refractivity contribution in [2.75, 3.05) is 7.11 Å². The monoisotopic (exact) mass is 380 g/mol. The van der Waals surface area contributed by atoms with Crippen molar-refractivity contribution in [3.8, 4) is 16.9 Å². The van der Waals surface area contributed by atoms with E-state index >= 15 is 0 Å². The lowest BCUT2D eigenvalue weighted by molar-refractivity contribution is 0.00819. The fourth-order valence-electron chi connectivity index (χ4n) is 1.56. The van der Waals surface area contributed by atoms with Crippen LogP contribution in [0.1, 0.15) is 0 Å². The van der Waals surface area contributed by atoms with Crippen LogP contribution in [0.2, 0.25) is 0 Å². The van der Waals surface area contributed by atoms with Crippen LogP contribution in [-0.4, -0.2) is 13.8 Å². The number of halogens is 4. The van der Waals surface area contributed by atoms with Crippen molar-refractivity contribution in [2.24, 2.45) is 0 Å². The van der Waals surface area contributed by atoms with Crippen molar-refractivity contribution in [3.05, 3.63) is 52.1 Å². The number of ether oxygens (including phenoxy) is 1. The molecule has 2 aromatic carbocycles. The van der Waals surface area contributed by atoms with Crippen LogP contribution in [0, 0.1) is 3.57 Å². The van der Waals surface area contributed by atoms with Gasteiger partial charge in [0.2, 0.25) is 0 Å². The SMILES string of the molecule is COc1cccc(I)c1-c1ccccc1.FC(F)F. The summed E-state index contributed by atoms with van der Waals surface area (Å²) in [6, 6.07) is 16.4. The molecule has 0 spiro atoms. The van der Waals surface area contributed by atoms with E-state index in [9.17, 15) is 13.2 Å². The molecule has 0 aliphatic rings. The molecule has 0 fully saturated rings. The van der Waals surface area contributed by atoms with Gasteiger partial charge in [0.25, 0.3) is 0 Å². The van der Waals surface area contributed by atoms with E-state index in [1.165, 1.54) is 14.7 Å². The van der Waals surface area contributed by atoms with Gasteiger partial charge in [-0.3, -0.25) is 0 Å². The number of benzene rings is 2. The van der Waals surface area contributed by atoms with E-state index in [0.29, 0.717) is 0 Å². The number of methoxy groups -OCH3 is 1. The zero-order chi connectivity index (χ0) is 14.3. The Bertz CT molecular complexity index is 501. The molecular formula is C14H12F3IO. The van der Waals surface area contributed by atoms with Crippen LogP contribution in [0.15, 0.2) is 48.5 Å². The molecule has 0 aromatic heterocycles. The Balaban J connectivity index is 0.000000399. The number of rotatable bonds is 2. The van der Waals surface area contributed by atoms with E-state index in [2.05, 4.69) is 40.8 Å². The molecule has 0 aliphatic heterocycles. The molecule has 2 aromatic rings. The number of hydrogen-bond acceptors (Lipinski definition) is 1. The van der Waals surface area contributed by atoms with Crippen LogP contribution < -0.4 is 4.74 Å². The second-order valence-corrected chi connectivity index (χ2v) is 4.59. The molecule has 0 unspecified atom stereocenters. The Morgan fingerprint density at radius 3 is 2.05 bits per heavy atom. The normalized spacial score (nSPS) is 9.79. The molecular weight excluding hydrogens is 368 g/mol. The second-order valence-electron chi connectivity index (χ2n) is 3.43. The van der Waals surface area contributed by atoms with Crippen LogP contribution in [0.25, 0.3) is 11.1 Å². The highest BCUT2D eigenvalue weighted by molar-refractivity contribution is 14.1. The maximum atomic E-state index is 9.67. The van der Waals surface area contributed by atoms with E-state index in [1.807, 2.05) is 30.3 Å². The Kier molecular flexibility index (Phi) is 6.69. The highest BCUT2D eigenvalue weighted by Gasteiger charge is 2.08. The third-order valence-corrected chi connectivity index (χ3v) is 3.16. The summed E-state index contributed by atoms with van der Waals surface area (Å²) in [5, 5.41) is 0. The van der Waals surface area contributed by atoms with E-state index < -0.39 is 6.68 Å². The maximum Gasteiger partial charge on any atom is 0.379 e. The molecule has 0 heterocycles. The van der Waals surface area contributed by atoms with Crippen molar-refractivity contribution in [1.82, 2.24) is 0 Å². The van der Waals surface area contributed by atoms with Gasteiger partial charge in [0.05, 0.1) is 7.11 Å². The first-order valence-corrected chi connectivity index (χ1v) is 6.44. The van der Waals surface area contributed by atoms with Gasteiger partial charge in [0.15, 0.2) is 0 Å². The van der Waals surface area contributed by atoms with Gasteiger partial charge in [-0.2, -0.15) is 13.2 Å². The molecule has 102 valence electrons. The predicted molar refractivity (Wildman–Crippen MR) is 78.3 cm³/mol. The Labute approximate surface area is 123 Å². The first-order valence-electron chi connectivity index (χ1n) is 5.36. The molecule has 0 atom stereocenters. The summed E-state index contributed by atoms with van der Waals surface area (Å²) in [6.07, 6.45) is 0. The lowest BCUT2D eigenvalue weighted by Gasteiger charge is -2.10. The summed E-state index contributed by atoms with van der Waals surface area (Å²) in [6.45, 7) is -3.67. The fraction of sp³-hybridized carbons (Fsp3) is 0.143. The Hall–Kier alpha value is -1.24. The molecule has 0 radical (unpaired) electrons. The molecule has 0 saturated carbocycles. The summed E-state index contributed by atoms with van der Waals surface area (Å²) >= 11 is 2.33. The molecule has 0 amide bonds. The van der Waals surface area contributed by atoms with Crippen LogP contribution in [0.4, 0.5) is 13.2 Å². The lowest BCUT2D eigenvalue weighted by atomic mass is 10.1. The molecule has 1 nitrogen and oxygen atoms in total. The van der Waals surface area contributed by atoms with E-state index in [4.69, 9.17) is 4.74 Å². The highest BCUT2D eigenvalue weighted by Crippen LogP contribution is 2.33. The maximum absolute atomic E-state index is 9.67. The van der Waals surface area contributed by atoms with Crippen molar-refractivity contribution in [1.29, 1.82) is 0 Å². The summed E-state index contributed by atoms with van der Waals surface area (Å²) < 4.78 is 35.6. The average Bonchev–Trinajstić information content (AvgIpc) is 2.38. The second kappa shape index (κ2) is 8.04. The van der Waals surface area contributed by atoms with Crippen LogP contribution in [-0.2, 0) is 0 Å². The van der Waals surface area contributed by atoms with Crippen LogP contribution in [0.5, 0.6) is 5.75 Å². The summed E-state index contributed by atoms with van der Waals surface area (Å²) in [7, 11) is 1.71. The molecule has 0 bridgehead atoms. The van der Waals surface area contributed by atoms with Crippen LogP contribution in [0.3, 0.4) is 0 Å².